The summed E-state index contributed by atoms with van der Waals surface area (Å²) in [6.45, 7) is 1.25. The van der Waals surface area contributed by atoms with Crippen molar-refractivity contribution >= 4 is 22.5 Å². The maximum absolute atomic E-state index is 15.0. The van der Waals surface area contributed by atoms with Crippen molar-refractivity contribution < 1.29 is 18.7 Å². The molecule has 2 aromatic carbocycles. The molecule has 1 saturated carbocycles. The average Bonchev–Trinajstić information content (AvgIpc) is 3.35. The van der Waals surface area contributed by atoms with Gasteiger partial charge in [0.05, 0.1) is 34.5 Å². The minimum atomic E-state index is -0.664. The van der Waals surface area contributed by atoms with E-state index in [1.165, 1.54) is 12.4 Å². The second-order valence-corrected chi connectivity index (χ2v) is 8.65. The molecule has 1 aliphatic heterocycles. The van der Waals surface area contributed by atoms with E-state index in [0.29, 0.717) is 41.6 Å². The fraction of sp³-hybridized carbons (Fsp3) is 0.292. The van der Waals surface area contributed by atoms with Crippen LogP contribution in [-0.4, -0.2) is 45.3 Å². The van der Waals surface area contributed by atoms with E-state index >= 15 is 0 Å². The van der Waals surface area contributed by atoms with Gasteiger partial charge in [0.1, 0.15) is 23.6 Å². The quantitative estimate of drug-likeness (QED) is 0.346. The number of rotatable bonds is 6. The van der Waals surface area contributed by atoms with Gasteiger partial charge in [-0.2, -0.15) is 5.10 Å². The average molecular weight is 462 g/mol. The predicted molar refractivity (Wildman–Crippen MR) is 124 cm³/mol. The number of hydrogen-bond donors (Lipinski definition) is 4. The van der Waals surface area contributed by atoms with E-state index in [4.69, 9.17) is 15.2 Å². The van der Waals surface area contributed by atoms with Crippen molar-refractivity contribution in [3.8, 4) is 34.1 Å². The van der Waals surface area contributed by atoms with E-state index in [9.17, 15) is 9.18 Å². The van der Waals surface area contributed by atoms with E-state index in [0.717, 1.165) is 41.5 Å². The number of ether oxygens (including phenoxy) is 2. The van der Waals surface area contributed by atoms with E-state index in [1.807, 2.05) is 12.1 Å². The second-order valence-electron chi connectivity index (χ2n) is 8.65. The van der Waals surface area contributed by atoms with Crippen LogP contribution in [0.5, 0.6) is 11.5 Å². The third-order valence-electron chi connectivity index (χ3n) is 6.24. The van der Waals surface area contributed by atoms with Crippen molar-refractivity contribution in [2.45, 2.75) is 25.4 Å². The number of aromatic amines is 2. The molecule has 174 valence electrons. The van der Waals surface area contributed by atoms with Crippen molar-refractivity contribution in [2.24, 2.45) is 11.7 Å². The zero-order valence-corrected chi connectivity index (χ0v) is 18.2. The Morgan fingerprint density at radius 2 is 2.15 bits per heavy atom. The van der Waals surface area contributed by atoms with Crippen LogP contribution in [0.2, 0.25) is 0 Å². The monoisotopic (exact) mass is 462 g/mol. The molecule has 0 radical (unpaired) electrons. The van der Waals surface area contributed by atoms with Crippen LogP contribution in [0.1, 0.15) is 19.3 Å². The van der Waals surface area contributed by atoms with Crippen LogP contribution in [0.25, 0.3) is 33.5 Å². The summed E-state index contributed by atoms with van der Waals surface area (Å²) < 4.78 is 27.0. The molecule has 0 saturated heterocycles. The Morgan fingerprint density at radius 3 is 2.88 bits per heavy atom. The molecule has 34 heavy (non-hydrogen) atoms. The molecule has 0 bridgehead atoms. The van der Waals surface area contributed by atoms with Gasteiger partial charge in [0.25, 0.3) is 5.91 Å². The van der Waals surface area contributed by atoms with Gasteiger partial charge in [-0.3, -0.25) is 9.89 Å². The highest BCUT2D eigenvalue weighted by molar-refractivity contribution is 6.05. The number of primary amides is 1. The van der Waals surface area contributed by atoms with E-state index < -0.39 is 17.8 Å². The third kappa shape index (κ3) is 3.60. The Morgan fingerprint density at radius 1 is 1.26 bits per heavy atom. The summed E-state index contributed by atoms with van der Waals surface area (Å²) in [6, 6.07) is 8.59. The summed E-state index contributed by atoms with van der Waals surface area (Å²) in [5.74, 6) is 0.771. The number of nitrogens with one attached hydrogen (secondary N) is 3. The van der Waals surface area contributed by atoms with Gasteiger partial charge < -0.3 is 25.5 Å². The molecule has 0 spiro atoms. The Balaban J connectivity index is 1.45. The molecule has 2 aliphatic rings. The number of amides is 1. The van der Waals surface area contributed by atoms with Crippen LogP contribution in [0.3, 0.4) is 0 Å². The largest absolute Gasteiger partial charge is 0.493 e. The van der Waals surface area contributed by atoms with Crippen LogP contribution < -0.4 is 20.5 Å². The van der Waals surface area contributed by atoms with E-state index in [-0.39, 0.29) is 5.92 Å². The normalized spacial score (nSPS) is 16.3. The number of hydrogen-bond acceptors (Lipinski definition) is 6. The molecule has 1 atom stereocenters. The number of benzene rings is 2. The summed E-state index contributed by atoms with van der Waals surface area (Å²) in [7, 11) is 0. The molecule has 5 N–H and O–H groups in total. The van der Waals surface area contributed by atoms with Crippen LogP contribution >= 0.6 is 0 Å². The Labute approximate surface area is 193 Å². The fourth-order valence-corrected chi connectivity index (χ4v) is 4.44. The van der Waals surface area contributed by atoms with Crippen LogP contribution in [0.15, 0.2) is 36.7 Å². The molecule has 9 nitrogen and oxygen atoms in total. The Bertz CT molecular complexity index is 1380. The fourth-order valence-electron chi connectivity index (χ4n) is 4.44. The first-order chi connectivity index (χ1) is 16.6. The summed E-state index contributed by atoms with van der Waals surface area (Å²) in [5.41, 5.74) is 8.90. The van der Waals surface area contributed by atoms with Gasteiger partial charge in [-0.1, -0.05) is 6.07 Å². The lowest BCUT2D eigenvalue weighted by Crippen LogP contribution is -2.35. The maximum atomic E-state index is 15.0. The van der Waals surface area contributed by atoms with Gasteiger partial charge in [-0.05, 0) is 31.4 Å². The SMILES string of the molecule is NC(=O)[C@@H](Oc1cc2c3c(c(-c4ccc(-c5ncn[nH]5)c(F)c4)[nH]c3c1)NCCCO2)C1CC1. The van der Waals surface area contributed by atoms with E-state index in [1.54, 1.807) is 12.1 Å². The van der Waals surface area contributed by atoms with Gasteiger partial charge in [-0.25, -0.2) is 9.37 Å². The highest BCUT2D eigenvalue weighted by atomic mass is 19.1. The number of carbonyl (C=O) groups excluding carboxylic acids is 1. The standard InChI is InChI=1S/C24H23FN6O3/c25-16-8-13(4-5-15(16)24-28-11-29-31-24)20-21-19-17(30-20)9-14(10-18(19)33-7-1-6-27-21)34-22(23(26)32)12-2-3-12/h4-5,8-12,22,27,30H,1-3,6-7H2,(H2,26,32)(H,28,29,31)/t22-/m0/s1. The first kappa shape index (κ1) is 20.5. The number of nitrogens with two attached hydrogens (primary N) is 1. The molecule has 1 aliphatic carbocycles. The first-order valence-electron chi connectivity index (χ1n) is 11.3. The van der Waals surface area contributed by atoms with Crippen molar-refractivity contribution in [3.05, 3.63) is 42.5 Å². The highest BCUT2D eigenvalue weighted by Crippen LogP contribution is 2.44. The van der Waals surface area contributed by atoms with Crippen LogP contribution in [0, 0.1) is 11.7 Å². The summed E-state index contributed by atoms with van der Waals surface area (Å²) in [4.78, 5) is 19.3. The summed E-state index contributed by atoms with van der Waals surface area (Å²) in [5, 5.41) is 10.8. The molecule has 1 amide bonds. The van der Waals surface area contributed by atoms with E-state index in [2.05, 4.69) is 25.5 Å². The van der Waals surface area contributed by atoms with Gasteiger partial charge in [0, 0.05) is 30.2 Å². The predicted octanol–water partition coefficient (Wildman–Crippen LogP) is 3.60. The minimum absolute atomic E-state index is 0.152. The molecule has 3 heterocycles. The zero-order chi connectivity index (χ0) is 23.2. The van der Waals surface area contributed by atoms with Crippen molar-refractivity contribution in [2.75, 3.05) is 18.5 Å². The lowest BCUT2D eigenvalue weighted by molar-refractivity contribution is -0.125. The molecular formula is C24H23FN6O3. The van der Waals surface area contributed by atoms with Gasteiger partial charge in [-0.15, -0.1) is 0 Å². The second kappa shape index (κ2) is 8.05. The summed E-state index contributed by atoms with van der Waals surface area (Å²) >= 11 is 0. The van der Waals surface area contributed by atoms with Gasteiger partial charge >= 0.3 is 0 Å². The Kier molecular flexibility index (Phi) is 4.86. The molecule has 2 aromatic heterocycles. The van der Waals surface area contributed by atoms with Gasteiger partial charge in [0.15, 0.2) is 11.9 Å². The number of H-pyrrole nitrogens is 2. The Hall–Kier alpha value is -4.08. The molecular weight excluding hydrogens is 439 g/mol. The first-order valence-corrected chi connectivity index (χ1v) is 11.3. The third-order valence-corrected chi connectivity index (χ3v) is 6.24. The smallest absolute Gasteiger partial charge is 0.258 e. The topological polar surface area (TPSA) is 131 Å². The molecule has 1 fully saturated rings. The number of carbonyl (C=O) groups is 1. The lowest BCUT2D eigenvalue weighted by atomic mass is 10.1. The van der Waals surface area contributed by atoms with Crippen molar-refractivity contribution in [1.82, 2.24) is 20.2 Å². The maximum Gasteiger partial charge on any atom is 0.258 e. The van der Waals surface area contributed by atoms with Crippen molar-refractivity contribution in [1.29, 1.82) is 0 Å². The molecule has 4 aromatic rings. The minimum Gasteiger partial charge on any atom is -0.493 e. The zero-order valence-electron chi connectivity index (χ0n) is 18.2. The molecule has 10 heteroatoms. The number of halogens is 1. The van der Waals surface area contributed by atoms with Gasteiger partial charge in [0.2, 0.25) is 0 Å². The summed E-state index contributed by atoms with van der Waals surface area (Å²) in [6.07, 6.45) is 3.32. The van der Waals surface area contributed by atoms with Crippen LogP contribution in [-0.2, 0) is 4.79 Å². The molecule has 6 rings (SSSR count). The van der Waals surface area contributed by atoms with Crippen molar-refractivity contribution in [3.63, 3.8) is 0 Å². The number of aromatic nitrogens is 4. The lowest BCUT2D eigenvalue weighted by Gasteiger charge is -2.19. The number of anilines is 1. The molecule has 0 unspecified atom stereocenters. The number of nitrogens with zero attached hydrogens (tertiary/aromatic N) is 2. The highest BCUT2D eigenvalue weighted by Gasteiger charge is 2.37. The van der Waals surface area contributed by atoms with Crippen LogP contribution in [0.4, 0.5) is 10.1 Å².